The Labute approximate surface area is 108 Å². The van der Waals surface area contributed by atoms with Gasteiger partial charge in [0.25, 0.3) is 0 Å². The largest absolute Gasteiger partial charge is 0.467 e. The molecule has 1 atom stereocenters. The number of methoxy groups -OCH3 is 1. The summed E-state index contributed by atoms with van der Waals surface area (Å²) < 4.78 is 4.77. The van der Waals surface area contributed by atoms with Gasteiger partial charge in [-0.15, -0.1) is 0 Å². The van der Waals surface area contributed by atoms with E-state index in [1.807, 2.05) is 0 Å². The predicted molar refractivity (Wildman–Crippen MR) is 66.7 cm³/mol. The second-order valence-electron chi connectivity index (χ2n) is 5.32. The molecule has 2 rings (SSSR count). The Morgan fingerprint density at radius 3 is 2.44 bits per heavy atom. The Balaban J connectivity index is 1.97. The molecular formula is C13H22N2O3. The lowest BCUT2D eigenvalue weighted by Gasteiger charge is -2.31. The van der Waals surface area contributed by atoms with E-state index in [1.54, 1.807) is 4.90 Å². The van der Waals surface area contributed by atoms with Crippen LogP contribution in [0.1, 0.15) is 38.5 Å². The second-order valence-corrected chi connectivity index (χ2v) is 5.32. The summed E-state index contributed by atoms with van der Waals surface area (Å²) >= 11 is 0. The Bertz CT molecular complexity index is 324. The van der Waals surface area contributed by atoms with Gasteiger partial charge in [0, 0.05) is 18.5 Å². The summed E-state index contributed by atoms with van der Waals surface area (Å²) in [7, 11) is 1.38. The number of likely N-dealkylation sites (tertiary alicyclic amines) is 1. The van der Waals surface area contributed by atoms with Gasteiger partial charge in [0.15, 0.2) is 0 Å². The van der Waals surface area contributed by atoms with Crippen molar-refractivity contribution in [1.82, 2.24) is 4.90 Å². The Morgan fingerprint density at radius 2 is 1.83 bits per heavy atom. The van der Waals surface area contributed by atoms with Gasteiger partial charge in [-0.25, -0.2) is 4.79 Å². The molecule has 1 saturated heterocycles. The van der Waals surface area contributed by atoms with E-state index in [9.17, 15) is 9.59 Å². The van der Waals surface area contributed by atoms with Gasteiger partial charge in [0.1, 0.15) is 6.04 Å². The number of hydrogen-bond donors (Lipinski definition) is 1. The van der Waals surface area contributed by atoms with E-state index in [-0.39, 0.29) is 29.9 Å². The minimum Gasteiger partial charge on any atom is -0.467 e. The summed E-state index contributed by atoms with van der Waals surface area (Å²) in [6.07, 6.45) is 5.14. The standard InChI is InChI=1S/C13H22N2O3/c1-18-13(17)11-3-2-8-15(11)12(16)9-4-6-10(14)7-5-9/h9-11H,2-8,14H2,1H3. The molecule has 1 aliphatic heterocycles. The van der Waals surface area contributed by atoms with E-state index in [0.29, 0.717) is 6.54 Å². The zero-order chi connectivity index (χ0) is 13.1. The third-order valence-corrected chi connectivity index (χ3v) is 4.13. The molecule has 2 N–H and O–H groups in total. The van der Waals surface area contributed by atoms with Crippen LogP contribution in [0, 0.1) is 5.92 Å². The first-order valence-electron chi connectivity index (χ1n) is 6.77. The number of rotatable bonds is 2. The van der Waals surface area contributed by atoms with E-state index < -0.39 is 0 Å². The first-order valence-corrected chi connectivity index (χ1v) is 6.77. The van der Waals surface area contributed by atoms with Crippen LogP contribution in [0.15, 0.2) is 0 Å². The molecule has 0 radical (unpaired) electrons. The van der Waals surface area contributed by atoms with Crippen LogP contribution in [-0.2, 0) is 14.3 Å². The number of carbonyl (C=O) groups is 2. The molecule has 0 aromatic rings. The maximum atomic E-state index is 12.4. The number of nitrogens with two attached hydrogens (primary N) is 1. The van der Waals surface area contributed by atoms with Crippen molar-refractivity contribution in [1.29, 1.82) is 0 Å². The molecule has 1 unspecified atom stereocenters. The molecule has 0 aromatic heterocycles. The molecule has 2 aliphatic rings. The number of nitrogens with zero attached hydrogens (tertiary/aromatic N) is 1. The highest BCUT2D eigenvalue weighted by molar-refractivity contribution is 5.86. The molecule has 0 bridgehead atoms. The Kier molecular flexibility index (Phi) is 4.22. The summed E-state index contributed by atoms with van der Waals surface area (Å²) in [6.45, 7) is 0.682. The van der Waals surface area contributed by atoms with Crippen molar-refractivity contribution in [3.63, 3.8) is 0 Å². The van der Waals surface area contributed by atoms with E-state index in [1.165, 1.54) is 7.11 Å². The molecule has 0 aromatic carbocycles. The molecule has 1 saturated carbocycles. The van der Waals surface area contributed by atoms with Crippen LogP contribution in [0.2, 0.25) is 0 Å². The zero-order valence-electron chi connectivity index (χ0n) is 10.9. The number of carbonyl (C=O) groups excluding carboxylic acids is 2. The van der Waals surface area contributed by atoms with Gasteiger partial charge in [0.05, 0.1) is 7.11 Å². The van der Waals surface area contributed by atoms with Crippen molar-refractivity contribution < 1.29 is 14.3 Å². The number of esters is 1. The SMILES string of the molecule is COC(=O)C1CCCN1C(=O)C1CCC(N)CC1. The summed E-state index contributed by atoms with van der Waals surface area (Å²) in [5.74, 6) is -0.113. The fraction of sp³-hybridized carbons (Fsp3) is 0.846. The fourth-order valence-electron chi connectivity index (χ4n) is 3.01. The highest BCUT2D eigenvalue weighted by atomic mass is 16.5. The lowest BCUT2D eigenvalue weighted by atomic mass is 9.85. The maximum absolute atomic E-state index is 12.4. The van der Waals surface area contributed by atoms with Gasteiger partial charge in [-0.1, -0.05) is 0 Å². The van der Waals surface area contributed by atoms with E-state index in [0.717, 1.165) is 38.5 Å². The van der Waals surface area contributed by atoms with Crippen LogP contribution in [0.3, 0.4) is 0 Å². The van der Waals surface area contributed by atoms with Gasteiger partial charge < -0.3 is 15.4 Å². The van der Waals surface area contributed by atoms with Crippen LogP contribution >= 0.6 is 0 Å². The highest BCUT2D eigenvalue weighted by Crippen LogP contribution is 2.28. The average Bonchev–Trinajstić information content (AvgIpc) is 2.87. The van der Waals surface area contributed by atoms with Crippen molar-refractivity contribution in [2.45, 2.75) is 50.6 Å². The number of ether oxygens (including phenoxy) is 1. The fourth-order valence-corrected chi connectivity index (χ4v) is 3.01. The van der Waals surface area contributed by atoms with Crippen LogP contribution in [-0.4, -0.2) is 42.5 Å². The topological polar surface area (TPSA) is 72.6 Å². The molecule has 2 fully saturated rings. The molecule has 1 amide bonds. The monoisotopic (exact) mass is 254 g/mol. The van der Waals surface area contributed by atoms with Gasteiger partial charge in [-0.2, -0.15) is 0 Å². The van der Waals surface area contributed by atoms with Crippen molar-refractivity contribution in [2.24, 2.45) is 11.7 Å². The molecule has 102 valence electrons. The van der Waals surface area contributed by atoms with Gasteiger partial charge in [-0.05, 0) is 38.5 Å². The quantitative estimate of drug-likeness (QED) is 0.735. The van der Waals surface area contributed by atoms with Crippen LogP contribution < -0.4 is 5.73 Å². The maximum Gasteiger partial charge on any atom is 0.328 e. The lowest BCUT2D eigenvalue weighted by molar-refractivity contribution is -0.152. The second kappa shape index (κ2) is 5.69. The minimum atomic E-state index is -0.363. The highest BCUT2D eigenvalue weighted by Gasteiger charge is 2.38. The van der Waals surface area contributed by atoms with Crippen molar-refractivity contribution >= 4 is 11.9 Å². The van der Waals surface area contributed by atoms with Crippen LogP contribution in [0.5, 0.6) is 0 Å². The van der Waals surface area contributed by atoms with Crippen molar-refractivity contribution in [3.8, 4) is 0 Å². The first-order chi connectivity index (χ1) is 8.63. The normalized spacial score (nSPS) is 32.3. The van der Waals surface area contributed by atoms with Gasteiger partial charge >= 0.3 is 5.97 Å². The van der Waals surface area contributed by atoms with Crippen LogP contribution in [0.4, 0.5) is 0 Å². The lowest BCUT2D eigenvalue weighted by Crippen LogP contribution is -2.45. The molecule has 5 heteroatoms. The van der Waals surface area contributed by atoms with Gasteiger partial charge in [0.2, 0.25) is 5.91 Å². The zero-order valence-corrected chi connectivity index (χ0v) is 10.9. The molecule has 1 heterocycles. The number of amides is 1. The Hall–Kier alpha value is -1.10. The molecule has 1 aliphatic carbocycles. The summed E-state index contributed by atoms with van der Waals surface area (Å²) in [5.41, 5.74) is 5.85. The summed E-state index contributed by atoms with van der Waals surface area (Å²) in [4.78, 5) is 25.8. The molecule has 18 heavy (non-hydrogen) atoms. The molecule has 0 spiro atoms. The summed E-state index contributed by atoms with van der Waals surface area (Å²) in [5, 5.41) is 0. The third-order valence-electron chi connectivity index (χ3n) is 4.13. The van der Waals surface area contributed by atoms with Crippen molar-refractivity contribution in [3.05, 3.63) is 0 Å². The number of hydrogen-bond acceptors (Lipinski definition) is 4. The molecular weight excluding hydrogens is 232 g/mol. The summed E-state index contributed by atoms with van der Waals surface area (Å²) in [6, 6.07) is -0.123. The average molecular weight is 254 g/mol. The minimum absolute atomic E-state index is 0.0510. The smallest absolute Gasteiger partial charge is 0.328 e. The third kappa shape index (κ3) is 2.66. The predicted octanol–water partition coefficient (Wildman–Crippen LogP) is 0.668. The van der Waals surface area contributed by atoms with E-state index in [2.05, 4.69) is 0 Å². The van der Waals surface area contributed by atoms with Crippen molar-refractivity contribution in [2.75, 3.05) is 13.7 Å². The van der Waals surface area contributed by atoms with E-state index >= 15 is 0 Å². The Morgan fingerprint density at radius 1 is 1.17 bits per heavy atom. The van der Waals surface area contributed by atoms with Gasteiger partial charge in [-0.3, -0.25) is 4.79 Å². The van der Waals surface area contributed by atoms with E-state index in [4.69, 9.17) is 10.5 Å². The van der Waals surface area contributed by atoms with Crippen LogP contribution in [0.25, 0.3) is 0 Å². The molecule has 5 nitrogen and oxygen atoms in total. The first kappa shape index (κ1) is 13.3.